The van der Waals surface area contributed by atoms with E-state index in [0.29, 0.717) is 16.8 Å². The maximum Gasteiger partial charge on any atom is 0.270 e. The summed E-state index contributed by atoms with van der Waals surface area (Å²) >= 11 is 0. The van der Waals surface area contributed by atoms with Gasteiger partial charge in [0, 0.05) is 46.0 Å². The second kappa shape index (κ2) is 5.49. The highest BCUT2D eigenvalue weighted by Gasteiger charge is 2.15. The lowest BCUT2D eigenvalue weighted by molar-refractivity contribution is -0.384. The summed E-state index contributed by atoms with van der Waals surface area (Å²) in [7, 11) is 1.60. The molecule has 0 saturated carbocycles. The molecular formula is C17H15N3O3. The maximum absolute atomic E-state index is 11.0. The van der Waals surface area contributed by atoms with Gasteiger partial charge in [-0.2, -0.15) is 0 Å². The summed E-state index contributed by atoms with van der Waals surface area (Å²) in [4.78, 5) is 13.7. The van der Waals surface area contributed by atoms with E-state index in [9.17, 15) is 10.1 Å². The first-order valence-electron chi connectivity index (χ1n) is 6.90. The number of hydrogen-bond acceptors (Lipinski definition) is 4. The number of fused-ring (bicyclic) bond motifs is 1. The molecule has 0 bridgehead atoms. The van der Waals surface area contributed by atoms with Crippen molar-refractivity contribution in [2.24, 2.45) is 0 Å². The van der Waals surface area contributed by atoms with E-state index >= 15 is 0 Å². The van der Waals surface area contributed by atoms with Crippen molar-refractivity contribution in [2.45, 2.75) is 0 Å². The van der Waals surface area contributed by atoms with Crippen molar-refractivity contribution in [1.82, 2.24) is 4.98 Å². The van der Waals surface area contributed by atoms with E-state index in [4.69, 9.17) is 10.5 Å². The second-order valence-corrected chi connectivity index (χ2v) is 5.12. The molecule has 1 heterocycles. The van der Waals surface area contributed by atoms with Crippen LogP contribution in [0.15, 0.2) is 49.2 Å². The monoisotopic (exact) mass is 309 g/mol. The number of benzene rings is 2. The van der Waals surface area contributed by atoms with Crippen LogP contribution >= 0.6 is 0 Å². The number of nitrogen functional groups attached to an aromatic ring is 1. The number of nitro groups is 1. The molecule has 0 saturated heterocycles. The van der Waals surface area contributed by atoms with Crippen molar-refractivity contribution >= 4 is 27.9 Å². The lowest BCUT2D eigenvalue weighted by atomic mass is 9.97. The average Bonchev–Trinajstić information content (AvgIpc) is 2.97. The molecule has 23 heavy (non-hydrogen) atoms. The Morgan fingerprint density at radius 3 is 2.74 bits per heavy atom. The van der Waals surface area contributed by atoms with Crippen molar-refractivity contribution in [3.8, 4) is 5.75 Å². The Balaban J connectivity index is 2.14. The van der Waals surface area contributed by atoms with Crippen LogP contribution in [0.2, 0.25) is 0 Å². The minimum absolute atomic E-state index is 0.0206. The van der Waals surface area contributed by atoms with Gasteiger partial charge in [0.05, 0.1) is 12.0 Å². The molecule has 0 atom stereocenters. The van der Waals surface area contributed by atoms with Crippen molar-refractivity contribution < 1.29 is 9.66 Å². The Bertz CT molecular complexity index is 928. The zero-order chi connectivity index (χ0) is 16.6. The highest BCUT2D eigenvalue weighted by molar-refractivity contribution is 5.98. The van der Waals surface area contributed by atoms with Crippen molar-refractivity contribution in [3.05, 3.63) is 70.4 Å². The number of ether oxygens (including phenoxy) is 1. The minimum atomic E-state index is -0.450. The van der Waals surface area contributed by atoms with E-state index in [1.807, 2.05) is 24.4 Å². The number of rotatable bonds is 4. The number of non-ortho nitro benzene ring substituents is 1. The van der Waals surface area contributed by atoms with Gasteiger partial charge in [0.25, 0.3) is 5.69 Å². The Morgan fingerprint density at radius 2 is 2.04 bits per heavy atom. The lowest BCUT2D eigenvalue weighted by Gasteiger charge is -2.09. The first-order valence-corrected chi connectivity index (χ1v) is 6.90. The van der Waals surface area contributed by atoms with Gasteiger partial charge in [-0.15, -0.1) is 0 Å². The molecule has 0 aliphatic rings. The smallest absolute Gasteiger partial charge is 0.270 e. The standard InChI is InChI=1S/C17H15N3O3/c1-10(13-7-11(20(21)22)3-5-16(13)18)15-9-19-17-6-4-12(23-2)8-14(15)17/h3-9,19H,1,18H2,2H3. The van der Waals surface area contributed by atoms with E-state index in [2.05, 4.69) is 11.6 Å². The second-order valence-electron chi connectivity index (χ2n) is 5.12. The van der Waals surface area contributed by atoms with Gasteiger partial charge in [0.2, 0.25) is 0 Å². The summed E-state index contributed by atoms with van der Waals surface area (Å²) in [5, 5.41) is 11.9. The van der Waals surface area contributed by atoms with E-state index in [0.717, 1.165) is 22.2 Å². The number of H-pyrrole nitrogens is 1. The number of aromatic amines is 1. The number of nitrogens with two attached hydrogens (primary N) is 1. The molecule has 116 valence electrons. The topological polar surface area (TPSA) is 94.2 Å². The van der Waals surface area contributed by atoms with Crippen molar-refractivity contribution in [1.29, 1.82) is 0 Å². The number of nitrogens with one attached hydrogen (secondary N) is 1. The van der Waals surface area contributed by atoms with Crippen LogP contribution in [0.4, 0.5) is 11.4 Å². The molecule has 6 nitrogen and oxygen atoms in total. The highest BCUT2D eigenvalue weighted by atomic mass is 16.6. The van der Waals surface area contributed by atoms with Gasteiger partial charge in [-0.1, -0.05) is 6.58 Å². The predicted octanol–water partition coefficient (Wildman–Crippen LogP) is 3.73. The van der Waals surface area contributed by atoms with Crippen LogP contribution in [0.1, 0.15) is 11.1 Å². The van der Waals surface area contributed by atoms with E-state index in [1.165, 1.54) is 18.2 Å². The van der Waals surface area contributed by atoms with Gasteiger partial charge >= 0.3 is 0 Å². The summed E-state index contributed by atoms with van der Waals surface area (Å²) in [6.45, 7) is 4.07. The summed E-state index contributed by atoms with van der Waals surface area (Å²) in [5.41, 5.74) is 9.31. The largest absolute Gasteiger partial charge is 0.497 e. The summed E-state index contributed by atoms with van der Waals surface area (Å²) in [5.74, 6) is 0.721. The molecule has 3 aromatic rings. The molecule has 2 aromatic carbocycles. The fourth-order valence-electron chi connectivity index (χ4n) is 2.54. The number of aromatic nitrogens is 1. The van der Waals surface area contributed by atoms with E-state index < -0.39 is 4.92 Å². The van der Waals surface area contributed by atoms with Crippen LogP contribution in [0.25, 0.3) is 16.5 Å². The van der Waals surface area contributed by atoms with Gasteiger partial charge in [0.15, 0.2) is 0 Å². The zero-order valence-corrected chi connectivity index (χ0v) is 12.5. The highest BCUT2D eigenvalue weighted by Crippen LogP contribution is 2.34. The van der Waals surface area contributed by atoms with Gasteiger partial charge in [-0.05, 0) is 29.8 Å². The Kier molecular flexibility index (Phi) is 3.50. The molecule has 0 unspecified atom stereocenters. The maximum atomic E-state index is 11.0. The lowest BCUT2D eigenvalue weighted by Crippen LogP contribution is -1.97. The molecular weight excluding hydrogens is 294 g/mol. The number of nitro benzene ring substituents is 1. The van der Waals surface area contributed by atoms with E-state index in [-0.39, 0.29) is 5.69 Å². The third-order valence-corrected chi connectivity index (χ3v) is 3.79. The quantitative estimate of drug-likeness (QED) is 0.436. The van der Waals surface area contributed by atoms with Crippen LogP contribution in [-0.2, 0) is 0 Å². The molecule has 0 aliphatic heterocycles. The fraction of sp³-hybridized carbons (Fsp3) is 0.0588. The molecule has 0 aliphatic carbocycles. The summed E-state index contributed by atoms with van der Waals surface area (Å²) < 4.78 is 5.25. The average molecular weight is 309 g/mol. The third-order valence-electron chi connectivity index (χ3n) is 3.79. The van der Waals surface area contributed by atoms with Crippen LogP contribution in [-0.4, -0.2) is 17.0 Å². The molecule has 6 heteroatoms. The fourth-order valence-corrected chi connectivity index (χ4v) is 2.54. The number of anilines is 1. The van der Waals surface area contributed by atoms with Gasteiger partial charge < -0.3 is 15.5 Å². The van der Waals surface area contributed by atoms with Crippen LogP contribution in [0.5, 0.6) is 5.75 Å². The van der Waals surface area contributed by atoms with E-state index in [1.54, 1.807) is 7.11 Å². The Hall–Kier alpha value is -3.28. The Morgan fingerprint density at radius 1 is 1.26 bits per heavy atom. The molecule has 0 spiro atoms. The summed E-state index contributed by atoms with van der Waals surface area (Å²) in [6, 6.07) is 9.99. The van der Waals surface area contributed by atoms with Gasteiger partial charge in [0.1, 0.15) is 5.75 Å². The van der Waals surface area contributed by atoms with Crippen LogP contribution in [0.3, 0.4) is 0 Å². The molecule has 0 amide bonds. The first kappa shape index (κ1) is 14.6. The third kappa shape index (κ3) is 2.50. The molecule has 3 N–H and O–H groups in total. The zero-order valence-electron chi connectivity index (χ0n) is 12.5. The predicted molar refractivity (Wildman–Crippen MR) is 90.5 cm³/mol. The number of methoxy groups -OCH3 is 1. The van der Waals surface area contributed by atoms with Crippen molar-refractivity contribution in [3.63, 3.8) is 0 Å². The first-order chi connectivity index (χ1) is 11.0. The number of nitrogens with zero attached hydrogens (tertiary/aromatic N) is 1. The van der Waals surface area contributed by atoms with Gasteiger partial charge in [-0.3, -0.25) is 10.1 Å². The van der Waals surface area contributed by atoms with Crippen LogP contribution in [0, 0.1) is 10.1 Å². The molecule has 3 rings (SSSR count). The molecule has 1 aromatic heterocycles. The Labute approximate surface area is 132 Å². The SMILES string of the molecule is C=C(c1cc([N+](=O)[O-])ccc1N)c1c[nH]c2ccc(OC)cc12. The summed E-state index contributed by atoms with van der Waals surface area (Å²) in [6.07, 6.45) is 1.81. The van der Waals surface area contributed by atoms with Crippen molar-refractivity contribution in [2.75, 3.05) is 12.8 Å². The minimum Gasteiger partial charge on any atom is -0.497 e. The molecule has 0 fully saturated rings. The van der Waals surface area contributed by atoms with Crippen LogP contribution < -0.4 is 10.5 Å². The number of hydrogen-bond donors (Lipinski definition) is 2. The molecule has 0 radical (unpaired) electrons. The van der Waals surface area contributed by atoms with Gasteiger partial charge in [-0.25, -0.2) is 0 Å². The normalized spacial score (nSPS) is 10.7.